The molecule has 98 valence electrons. The lowest BCUT2D eigenvalue weighted by Crippen LogP contribution is -2.00. The lowest BCUT2D eigenvalue weighted by Gasteiger charge is -2.02. The van der Waals surface area contributed by atoms with Crippen LogP contribution < -0.4 is 5.63 Å². The molecule has 0 atom stereocenters. The van der Waals surface area contributed by atoms with Gasteiger partial charge in [0.25, 0.3) is 0 Å². The summed E-state index contributed by atoms with van der Waals surface area (Å²) in [6, 6.07) is 13.1. The molecule has 1 aromatic heterocycles. The van der Waals surface area contributed by atoms with Gasteiger partial charge in [-0.2, -0.15) is 0 Å². The van der Waals surface area contributed by atoms with Crippen LogP contribution in [0.3, 0.4) is 0 Å². The Bertz CT molecular complexity index is 895. The average Bonchev–Trinajstić information content (AvgIpc) is 2.48. The van der Waals surface area contributed by atoms with Crippen LogP contribution >= 0.6 is 0 Å². The van der Waals surface area contributed by atoms with E-state index in [4.69, 9.17) is 9.15 Å². The van der Waals surface area contributed by atoms with Crippen molar-refractivity contribution in [2.75, 3.05) is 13.7 Å². The molecule has 0 bridgehead atoms. The Morgan fingerprint density at radius 2 is 1.95 bits per heavy atom. The topological polar surface area (TPSA) is 39.4 Å². The number of fused-ring (bicyclic) bond motifs is 3. The monoisotopic (exact) mass is 264 g/mol. The SMILES string of the molecule is COCC#Cc1ccc2c(c1)c(=O)oc1ccccc12. The smallest absolute Gasteiger partial charge is 0.344 e. The van der Waals surface area contributed by atoms with Crippen LogP contribution in [0.5, 0.6) is 0 Å². The number of para-hydroxylation sites is 1. The minimum absolute atomic E-state index is 0.339. The predicted octanol–water partition coefficient (Wildman–Crippen LogP) is 2.94. The molecule has 20 heavy (non-hydrogen) atoms. The van der Waals surface area contributed by atoms with Crippen molar-refractivity contribution >= 4 is 21.7 Å². The zero-order chi connectivity index (χ0) is 13.9. The first-order chi connectivity index (χ1) is 9.79. The predicted molar refractivity (Wildman–Crippen MR) is 78.7 cm³/mol. The minimum Gasteiger partial charge on any atom is -0.422 e. The average molecular weight is 264 g/mol. The Kier molecular flexibility index (Phi) is 3.24. The van der Waals surface area contributed by atoms with Crippen LogP contribution in [0, 0.1) is 11.8 Å². The molecular formula is C17H12O3. The van der Waals surface area contributed by atoms with Crippen molar-refractivity contribution in [1.82, 2.24) is 0 Å². The molecule has 0 aliphatic rings. The Labute approximate surface area is 115 Å². The van der Waals surface area contributed by atoms with Crippen molar-refractivity contribution in [3.05, 3.63) is 58.4 Å². The fraction of sp³-hybridized carbons (Fsp3) is 0.118. The summed E-state index contributed by atoms with van der Waals surface area (Å²) in [5.41, 5.74) is 1.04. The summed E-state index contributed by atoms with van der Waals surface area (Å²) in [6.45, 7) is 0.365. The van der Waals surface area contributed by atoms with Crippen molar-refractivity contribution < 1.29 is 9.15 Å². The molecule has 0 aliphatic heterocycles. The molecule has 0 N–H and O–H groups in total. The van der Waals surface area contributed by atoms with Crippen molar-refractivity contribution in [1.29, 1.82) is 0 Å². The molecule has 3 heteroatoms. The normalized spacial score (nSPS) is 10.4. The van der Waals surface area contributed by atoms with Gasteiger partial charge >= 0.3 is 5.63 Å². The second-order valence-electron chi connectivity index (χ2n) is 4.38. The highest BCUT2D eigenvalue weighted by Gasteiger charge is 2.06. The van der Waals surface area contributed by atoms with Crippen LogP contribution in [0.4, 0.5) is 0 Å². The highest BCUT2D eigenvalue weighted by molar-refractivity contribution is 6.04. The molecule has 0 aliphatic carbocycles. The molecule has 2 aromatic carbocycles. The zero-order valence-electron chi connectivity index (χ0n) is 11.0. The number of benzene rings is 2. The fourth-order valence-electron chi connectivity index (χ4n) is 2.17. The van der Waals surface area contributed by atoms with Crippen molar-refractivity contribution in [2.45, 2.75) is 0 Å². The second-order valence-corrected chi connectivity index (χ2v) is 4.38. The fourth-order valence-corrected chi connectivity index (χ4v) is 2.17. The minimum atomic E-state index is -0.339. The van der Waals surface area contributed by atoms with Gasteiger partial charge in [0.1, 0.15) is 12.2 Å². The van der Waals surface area contributed by atoms with Gasteiger partial charge in [0.05, 0.1) is 5.39 Å². The summed E-state index contributed by atoms with van der Waals surface area (Å²) in [5, 5.41) is 2.36. The number of rotatable bonds is 1. The van der Waals surface area contributed by atoms with Gasteiger partial charge in [-0.3, -0.25) is 0 Å². The quantitative estimate of drug-likeness (QED) is 0.385. The molecule has 0 amide bonds. The van der Waals surface area contributed by atoms with E-state index in [0.717, 1.165) is 16.3 Å². The van der Waals surface area contributed by atoms with E-state index in [1.54, 1.807) is 19.2 Å². The standard InChI is InChI=1S/C17H12O3/c1-19-10-4-5-12-8-9-13-14-6-2-3-7-16(14)20-17(18)15(13)11-12/h2-3,6-9,11H,10H2,1H3. The van der Waals surface area contributed by atoms with Crippen molar-refractivity contribution in [3.8, 4) is 11.8 Å². The maximum absolute atomic E-state index is 12.0. The van der Waals surface area contributed by atoms with E-state index in [0.29, 0.717) is 17.6 Å². The van der Waals surface area contributed by atoms with Crippen LogP contribution in [-0.2, 0) is 4.74 Å². The zero-order valence-corrected chi connectivity index (χ0v) is 11.0. The van der Waals surface area contributed by atoms with Crippen molar-refractivity contribution in [3.63, 3.8) is 0 Å². The van der Waals surface area contributed by atoms with Gasteiger partial charge in [-0.25, -0.2) is 4.79 Å². The Hall–Kier alpha value is -2.57. The van der Waals surface area contributed by atoms with Crippen LogP contribution in [0.2, 0.25) is 0 Å². The van der Waals surface area contributed by atoms with Gasteiger partial charge < -0.3 is 9.15 Å². The third kappa shape index (κ3) is 2.18. The molecule has 0 saturated carbocycles. The number of hydrogen-bond donors (Lipinski definition) is 0. The molecule has 0 radical (unpaired) electrons. The number of methoxy groups -OCH3 is 1. The summed E-state index contributed by atoms with van der Waals surface area (Å²) in [4.78, 5) is 12.0. The Morgan fingerprint density at radius 1 is 1.10 bits per heavy atom. The molecule has 3 nitrogen and oxygen atoms in total. The first-order valence-electron chi connectivity index (χ1n) is 6.23. The molecular weight excluding hydrogens is 252 g/mol. The van der Waals surface area contributed by atoms with Gasteiger partial charge in [0.15, 0.2) is 0 Å². The van der Waals surface area contributed by atoms with E-state index >= 15 is 0 Å². The first-order valence-corrected chi connectivity index (χ1v) is 6.23. The molecule has 0 unspecified atom stereocenters. The van der Waals surface area contributed by atoms with Crippen LogP contribution in [-0.4, -0.2) is 13.7 Å². The lowest BCUT2D eigenvalue weighted by molar-refractivity contribution is 0.240. The Morgan fingerprint density at radius 3 is 2.80 bits per heavy atom. The van der Waals surface area contributed by atoms with Crippen LogP contribution in [0.1, 0.15) is 5.56 Å². The first kappa shape index (κ1) is 12.5. The lowest BCUT2D eigenvalue weighted by atomic mass is 10.1. The molecule has 3 rings (SSSR count). The maximum Gasteiger partial charge on any atom is 0.344 e. The second kappa shape index (κ2) is 5.20. The van der Waals surface area contributed by atoms with E-state index in [-0.39, 0.29) is 5.63 Å². The third-order valence-corrected chi connectivity index (χ3v) is 3.07. The highest BCUT2D eigenvalue weighted by atomic mass is 16.5. The van der Waals surface area contributed by atoms with Gasteiger partial charge in [-0.15, -0.1) is 0 Å². The third-order valence-electron chi connectivity index (χ3n) is 3.07. The van der Waals surface area contributed by atoms with E-state index in [9.17, 15) is 4.79 Å². The molecule has 0 spiro atoms. The molecule has 0 fully saturated rings. The van der Waals surface area contributed by atoms with Crippen molar-refractivity contribution in [2.24, 2.45) is 0 Å². The summed E-state index contributed by atoms with van der Waals surface area (Å²) in [7, 11) is 1.59. The van der Waals surface area contributed by atoms with Gasteiger partial charge in [-0.05, 0) is 18.2 Å². The highest BCUT2D eigenvalue weighted by Crippen LogP contribution is 2.23. The molecule has 0 saturated heterocycles. The van der Waals surface area contributed by atoms with E-state index in [1.807, 2.05) is 30.3 Å². The van der Waals surface area contributed by atoms with Gasteiger partial charge in [-0.1, -0.05) is 36.1 Å². The van der Waals surface area contributed by atoms with Crippen LogP contribution in [0.15, 0.2) is 51.7 Å². The van der Waals surface area contributed by atoms with Crippen LogP contribution in [0.25, 0.3) is 21.7 Å². The molecule has 1 heterocycles. The summed E-state index contributed by atoms with van der Waals surface area (Å²) in [6.07, 6.45) is 0. The van der Waals surface area contributed by atoms with Gasteiger partial charge in [0, 0.05) is 23.4 Å². The maximum atomic E-state index is 12.0. The summed E-state index contributed by atoms with van der Waals surface area (Å²) < 4.78 is 10.2. The Balaban J connectivity index is 2.26. The summed E-state index contributed by atoms with van der Waals surface area (Å²) >= 11 is 0. The number of hydrogen-bond acceptors (Lipinski definition) is 3. The van der Waals surface area contributed by atoms with E-state index in [2.05, 4.69) is 11.8 Å². The molecule has 3 aromatic rings. The number of ether oxygens (including phenoxy) is 1. The summed E-state index contributed by atoms with van der Waals surface area (Å²) in [5.74, 6) is 5.83. The largest absolute Gasteiger partial charge is 0.422 e. The van der Waals surface area contributed by atoms with Gasteiger partial charge in [0.2, 0.25) is 0 Å². The van der Waals surface area contributed by atoms with E-state index < -0.39 is 0 Å². The van der Waals surface area contributed by atoms with E-state index in [1.165, 1.54) is 0 Å².